The first-order valence-corrected chi connectivity index (χ1v) is 13.8. The molecule has 0 unspecified atom stereocenters. The maximum Gasteiger partial charge on any atom is 0.274 e. The van der Waals surface area contributed by atoms with Gasteiger partial charge in [0.15, 0.2) is 11.4 Å². The monoisotopic (exact) mass is 550 g/mol. The number of nitrogens with one attached hydrogen (secondary N) is 1. The van der Waals surface area contributed by atoms with Gasteiger partial charge in [-0.05, 0) is 42.7 Å². The van der Waals surface area contributed by atoms with Crippen LogP contribution in [0, 0.1) is 0 Å². The van der Waals surface area contributed by atoms with Crippen molar-refractivity contribution in [2.45, 2.75) is 62.8 Å². The van der Waals surface area contributed by atoms with Crippen LogP contribution in [0.15, 0.2) is 48.8 Å². The van der Waals surface area contributed by atoms with Gasteiger partial charge in [-0.15, -0.1) is 5.10 Å². The first-order valence-electron chi connectivity index (χ1n) is 13.5. The molecule has 2 amide bonds. The molecule has 0 radical (unpaired) electrons. The predicted molar refractivity (Wildman–Crippen MR) is 142 cm³/mol. The molecule has 1 aliphatic carbocycles. The van der Waals surface area contributed by atoms with E-state index in [9.17, 15) is 9.59 Å². The number of hydrogen-bond acceptors (Lipinski definition) is 7. The van der Waals surface area contributed by atoms with E-state index in [0.717, 1.165) is 37.7 Å². The maximum atomic E-state index is 14.3. The lowest BCUT2D eigenvalue weighted by atomic mass is 9.68. The topological polar surface area (TPSA) is 111 Å². The number of pyridine rings is 1. The number of carbonyl (C=O) groups is 2. The highest BCUT2D eigenvalue weighted by Gasteiger charge is 2.47. The summed E-state index contributed by atoms with van der Waals surface area (Å²) in [5, 5.41) is 12.1. The third kappa shape index (κ3) is 5.23. The summed E-state index contributed by atoms with van der Waals surface area (Å²) < 4.78 is 13.8. The van der Waals surface area contributed by atoms with Gasteiger partial charge < -0.3 is 19.7 Å². The first kappa shape index (κ1) is 25.8. The van der Waals surface area contributed by atoms with Crippen molar-refractivity contribution < 1.29 is 19.1 Å². The molecule has 0 spiro atoms. The van der Waals surface area contributed by atoms with Crippen molar-refractivity contribution >= 4 is 23.4 Å². The molecule has 2 bridgehead atoms. The molecule has 204 valence electrons. The second-order valence-corrected chi connectivity index (χ2v) is 10.9. The second-order valence-electron chi connectivity index (χ2n) is 10.5. The summed E-state index contributed by atoms with van der Waals surface area (Å²) in [4.78, 5) is 33.8. The zero-order valence-electron chi connectivity index (χ0n) is 21.6. The number of likely N-dealkylation sites (tertiary alicyclic amines) is 1. The van der Waals surface area contributed by atoms with Crippen molar-refractivity contribution in [1.29, 1.82) is 0 Å². The molecule has 1 aromatic carbocycles. The SMILES string of the molecule is O=C1N[C@H]2CN(C(=O)C3(c4ccc(Cl)cc4)CCCCC3)C[C@@H]2OCc2cn(nn2)CCOc2cccnc21. The summed E-state index contributed by atoms with van der Waals surface area (Å²) in [6.07, 6.45) is 7.61. The Labute approximate surface area is 231 Å². The number of amides is 2. The van der Waals surface area contributed by atoms with E-state index in [4.69, 9.17) is 21.1 Å². The molecule has 1 saturated heterocycles. The number of nitrogens with zero attached hydrogens (tertiary/aromatic N) is 5. The Morgan fingerprint density at radius 3 is 2.74 bits per heavy atom. The van der Waals surface area contributed by atoms with Crippen LogP contribution in [0.3, 0.4) is 0 Å². The van der Waals surface area contributed by atoms with Gasteiger partial charge in [0.05, 0.1) is 36.9 Å². The van der Waals surface area contributed by atoms with Crippen molar-refractivity contribution in [3.63, 3.8) is 0 Å². The molecule has 4 heterocycles. The minimum atomic E-state index is -0.615. The van der Waals surface area contributed by atoms with Gasteiger partial charge in [0.1, 0.15) is 12.3 Å². The molecule has 2 fully saturated rings. The van der Waals surface area contributed by atoms with Gasteiger partial charge in [-0.1, -0.05) is 48.2 Å². The van der Waals surface area contributed by atoms with Crippen molar-refractivity contribution in [3.05, 3.63) is 70.8 Å². The van der Waals surface area contributed by atoms with Gasteiger partial charge >= 0.3 is 0 Å². The minimum absolute atomic E-state index is 0.0700. The molecule has 6 rings (SSSR count). The zero-order valence-corrected chi connectivity index (χ0v) is 22.3. The Hall–Kier alpha value is -3.50. The molecular formula is C28H31ClN6O4. The summed E-state index contributed by atoms with van der Waals surface area (Å²) in [5.74, 6) is 0.0952. The molecule has 3 aromatic rings. The van der Waals surface area contributed by atoms with Crippen LogP contribution in [0.25, 0.3) is 0 Å². The van der Waals surface area contributed by atoms with Crippen molar-refractivity contribution in [2.24, 2.45) is 0 Å². The van der Waals surface area contributed by atoms with Crippen molar-refractivity contribution in [1.82, 2.24) is 30.2 Å². The molecule has 3 aliphatic rings. The molecule has 2 aromatic heterocycles. The molecule has 1 N–H and O–H groups in total. The fourth-order valence-corrected chi connectivity index (χ4v) is 6.10. The molecule has 2 atom stereocenters. The van der Waals surface area contributed by atoms with E-state index in [-0.39, 0.29) is 24.1 Å². The van der Waals surface area contributed by atoms with Gasteiger partial charge in [0.2, 0.25) is 5.91 Å². The average Bonchev–Trinajstić information content (AvgIpc) is 3.58. The van der Waals surface area contributed by atoms with Gasteiger partial charge in [-0.25, -0.2) is 9.67 Å². The molecular weight excluding hydrogens is 520 g/mol. The maximum absolute atomic E-state index is 14.3. The van der Waals surface area contributed by atoms with Crippen LogP contribution < -0.4 is 10.1 Å². The number of carbonyl (C=O) groups excluding carboxylic acids is 2. The van der Waals surface area contributed by atoms with E-state index in [1.54, 1.807) is 23.0 Å². The molecule has 11 heteroatoms. The molecule has 2 aliphatic heterocycles. The lowest BCUT2D eigenvalue weighted by Crippen LogP contribution is -2.48. The van der Waals surface area contributed by atoms with E-state index in [0.29, 0.717) is 42.7 Å². The Morgan fingerprint density at radius 1 is 1.10 bits per heavy atom. The van der Waals surface area contributed by atoms with E-state index < -0.39 is 17.6 Å². The summed E-state index contributed by atoms with van der Waals surface area (Å²) in [5.41, 5.74) is 1.25. The number of halogens is 1. The molecule has 10 nitrogen and oxygen atoms in total. The Bertz CT molecular complexity index is 1340. The zero-order chi connectivity index (χ0) is 26.8. The average molecular weight is 551 g/mol. The quantitative estimate of drug-likeness (QED) is 0.521. The Kier molecular flexibility index (Phi) is 7.22. The van der Waals surface area contributed by atoms with E-state index in [2.05, 4.69) is 20.6 Å². The number of rotatable bonds is 2. The predicted octanol–water partition coefficient (Wildman–Crippen LogP) is 3.15. The van der Waals surface area contributed by atoms with Crippen molar-refractivity contribution in [2.75, 3.05) is 19.7 Å². The summed E-state index contributed by atoms with van der Waals surface area (Å²) in [7, 11) is 0. The summed E-state index contributed by atoms with van der Waals surface area (Å²) in [6.45, 7) is 1.68. The highest BCUT2D eigenvalue weighted by Crippen LogP contribution is 2.42. The largest absolute Gasteiger partial charge is 0.489 e. The Morgan fingerprint density at radius 2 is 1.92 bits per heavy atom. The number of aromatic nitrogens is 4. The normalized spacial score (nSPS) is 23.1. The van der Waals surface area contributed by atoms with Crippen LogP contribution in [-0.2, 0) is 28.1 Å². The van der Waals surface area contributed by atoms with Crippen LogP contribution in [-0.4, -0.2) is 68.5 Å². The van der Waals surface area contributed by atoms with Crippen LogP contribution in [0.1, 0.15) is 53.8 Å². The highest BCUT2D eigenvalue weighted by atomic mass is 35.5. The number of ether oxygens (including phenoxy) is 2. The first-order chi connectivity index (χ1) is 19.0. The number of fused-ring (bicyclic) bond motifs is 4. The molecule has 39 heavy (non-hydrogen) atoms. The van der Waals surface area contributed by atoms with Gasteiger partial charge in [-0.2, -0.15) is 0 Å². The van der Waals surface area contributed by atoms with Gasteiger partial charge in [0.25, 0.3) is 5.91 Å². The minimum Gasteiger partial charge on any atom is -0.489 e. The lowest BCUT2D eigenvalue weighted by Gasteiger charge is -2.39. The lowest BCUT2D eigenvalue weighted by molar-refractivity contribution is -0.138. The third-order valence-corrected chi connectivity index (χ3v) is 8.23. The molecule has 1 saturated carbocycles. The second kappa shape index (κ2) is 10.9. The van der Waals surface area contributed by atoms with Crippen LogP contribution >= 0.6 is 11.6 Å². The van der Waals surface area contributed by atoms with E-state index >= 15 is 0 Å². The highest BCUT2D eigenvalue weighted by molar-refractivity contribution is 6.30. The third-order valence-electron chi connectivity index (χ3n) is 7.98. The summed E-state index contributed by atoms with van der Waals surface area (Å²) in [6, 6.07) is 10.7. The van der Waals surface area contributed by atoms with Crippen LogP contribution in [0.5, 0.6) is 5.75 Å². The smallest absolute Gasteiger partial charge is 0.274 e. The Balaban J connectivity index is 1.29. The van der Waals surface area contributed by atoms with Crippen LogP contribution in [0.2, 0.25) is 5.02 Å². The number of hydrogen-bond donors (Lipinski definition) is 1. The van der Waals surface area contributed by atoms with E-state index in [1.165, 1.54) is 0 Å². The van der Waals surface area contributed by atoms with Crippen molar-refractivity contribution in [3.8, 4) is 5.75 Å². The van der Waals surface area contributed by atoms with Gasteiger partial charge in [0, 0.05) is 24.3 Å². The van der Waals surface area contributed by atoms with Crippen LogP contribution in [0.4, 0.5) is 0 Å². The standard InChI is InChI=1S/C28H31ClN6O4/c29-20-8-6-19(7-9-20)28(10-2-1-3-11-28)27(37)34-16-22-24(17-34)39-18-21-15-35(33-32-21)13-14-38-23-5-4-12-30-25(23)26(36)31-22/h4-9,12,15,22,24H,1-3,10-11,13-14,16-18H2,(H,31,36)/t22-,24-/m0/s1. The fraction of sp³-hybridized carbons (Fsp3) is 0.464. The van der Waals surface area contributed by atoms with E-state index in [1.807, 2.05) is 35.4 Å². The van der Waals surface area contributed by atoms with Gasteiger partial charge in [-0.3, -0.25) is 9.59 Å². The fourth-order valence-electron chi connectivity index (χ4n) is 5.97. The number of benzene rings is 1. The summed E-state index contributed by atoms with van der Waals surface area (Å²) >= 11 is 6.18.